The van der Waals surface area contributed by atoms with E-state index in [2.05, 4.69) is 6.92 Å². The summed E-state index contributed by atoms with van der Waals surface area (Å²) in [6.45, 7) is 2.92. The Kier molecular flexibility index (Phi) is 4.50. The molecule has 1 N–H and O–H groups in total. The lowest BCUT2D eigenvalue weighted by molar-refractivity contribution is -0.103. The van der Waals surface area contributed by atoms with Crippen molar-refractivity contribution in [1.29, 1.82) is 0 Å². The predicted octanol–water partition coefficient (Wildman–Crippen LogP) is 2.18. The number of alkyl halides is 1. The molecular weight excluding hydrogens is 188 g/mol. The van der Waals surface area contributed by atoms with E-state index in [-0.39, 0.29) is 12.2 Å². The van der Waals surface area contributed by atoms with E-state index in [1.54, 1.807) is 0 Å². The molecule has 0 aliphatic heterocycles. The van der Waals surface area contributed by atoms with Crippen LogP contribution in [-0.2, 0) is 4.74 Å². The number of ether oxygens (including phenoxy) is 1. The van der Waals surface area contributed by atoms with Gasteiger partial charge in [0.2, 0.25) is 0 Å². The number of aliphatic hydroxyl groups is 1. The van der Waals surface area contributed by atoms with Gasteiger partial charge in [-0.15, -0.1) is 11.6 Å². The van der Waals surface area contributed by atoms with E-state index < -0.39 is 0 Å². The zero-order valence-electron chi connectivity index (χ0n) is 8.26. The van der Waals surface area contributed by atoms with Crippen molar-refractivity contribution in [2.75, 3.05) is 19.1 Å². The van der Waals surface area contributed by atoms with Gasteiger partial charge in [0.05, 0.1) is 12.2 Å². The van der Waals surface area contributed by atoms with Crippen molar-refractivity contribution in [3.05, 3.63) is 0 Å². The van der Waals surface area contributed by atoms with Gasteiger partial charge in [0, 0.05) is 18.4 Å². The highest BCUT2D eigenvalue weighted by Gasteiger charge is 2.36. The minimum absolute atomic E-state index is 0.137. The molecule has 0 radical (unpaired) electrons. The van der Waals surface area contributed by atoms with Crippen LogP contribution < -0.4 is 0 Å². The van der Waals surface area contributed by atoms with Gasteiger partial charge in [-0.25, -0.2) is 0 Å². The summed E-state index contributed by atoms with van der Waals surface area (Å²) >= 11 is 5.59. The summed E-state index contributed by atoms with van der Waals surface area (Å²) in [5.74, 6) is 0.831. The normalized spacial score (nSPS) is 34.8. The lowest BCUT2D eigenvalue weighted by Crippen LogP contribution is -2.42. The first-order chi connectivity index (χ1) is 6.23. The molecule has 0 aromatic rings. The summed E-state index contributed by atoms with van der Waals surface area (Å²) < 4.78 is 5.73. The SMILES string of the molecule is CC1(OCCCl)CCCCC1CO. The second-order valence-electron chi connectivity index (χ2n) is 3.98. The molecule has 13 heavy (non-hydrogen) atoms. The highest BCUT2D eigenvalue weighted by Crippen LogP contribution is 2.36. The van der Waals surface area contributed by atoms with Gasteiger partial charge in [-0.1, -0.05) is 12.8 Å². The summed E-state index contributed by atoms with van der Waals surface area (Å²) in [6, 6.07) is 0. The van der Waals surface area contributed by atoms with Crippen LogP contribution in [0.15, 0.2) is 0 Å². The Bertz CT molecular complexity index is 152. The van der Waals surface area contributed by atoms with Crippen molar-refractivity contribution in [1.82, 2.24) is 0 Å². The number of aliphatic hydroxyl groups excluding tert-OH is 1. The molecule has 0 saturated heterocycles. The van der Waals surface area contributed by atoms with Crippen molar-refractivity contribution in [3.8, 4) is 0 Å². The molecule has 78 valence electrons. The molecule has 2 nitrogen and oxygen atoms in total. The Morgan fingerprint density at radius 2 is 2.31 bits per heavy atom. The maximum Gasteiger partial charge on any atom is 0.0705 e. The number of hydrogen-bond acceptors (Lipinski definition) is 2. The molecule has 1 aliphatic rings. The van der Waals surface area contributed by atoms with Crippen LogP contribution in [0.25, 0.3) is 0 Å². The highest BCUT2D eigenvalue weighted by atomic mass is 35.5. The zero-order valence-corrected chi connectivity index (χ0v) is 9.02. The van der Waals surface area contributed by atoms with E-state index in [0.717, 1.165) is 12.8 Å². The third kappa shape index (κ3) is 2.83. The lowest BCUT2D eigenvalue weighted by Gasteiger charge is -2.40. The molecule has 2 unspecified atom stereocenters. The molecule has 0 aromatic heterocycles. The third-order valence-corrected chi connectivity index (χ3v) is 3.22. The first-order valence-electron chi connectivity index (χ1n) is 5.04. The average Bonchev–Trinajstić information content (AvgIpc) is 2.16. The number of rotatable bonds is 4. The third-order valence-electron chi connectivity index (χ3n) is 3.07. The van der Waals surface area contributed by atoms with E-state index in [1.165, 1.54) is 12.8 Å². The zero-order chi connectivity index (χ0) is 9.73. The number of halogens is 1. The van der Waals surface area contributed by atoms with Crippen LogP contribution in [0.5, 0.6) is 0 Å². The van der Waals surface area contributed by atoms with Crippen molar-refractivity contribution in [2.45, 2.75) is 38.2 Å². The Morgan fingerprint density at radius 3 is 2.92 bits per heavy atom. The summed E-state index contributed by atoms with van der Waals surface area (Å²) in [5, 5.41) is 9.21. The summed E-state index contributed by atoms with van der Waals surface area (Å²) in [4.78, 5) is 0. The van der Waals surface area contributed by atoms with Gasteiger partial charge in [-0.3, -0.25) is 0 Å². The number of hydrogen-bond donors (Lipinski definition) is 1. The van der Waals surface area contributed by atoms with E-state index in [9.17, 15) is 5.11 Å². The largest absolute Gasteiger partial charge is 0.396 e. The molecule has 0 spiro atoms. The van der Waals surface area contributed by atoms with E-state index in [0.29, 0.717) is 18.4 Å². The minimum atomic E-state index is -0.137. The predicted molar refractivity (Wildman–Crippen MR) is 54.1 cm³/mol. The second-order valence-corrected chi connectivity index (χ2v) is 4.35. The van der Waals surface area contributed by atoms with Crippen molar-refractivity contribution in [3.63, 3.8) is 0 Å². The van der Waals surface area contributed by atoms with Gasteiger partial charge >= 0.3 is 0 Å². The molecule has 1 rings (SSSR count). The Labute approximate surface area is 85.2 Å². The summed E-state index contributed by atoms with van der Waals surface area (Å²) in [7, 11) is 0. The van der Waals surface area contributed by atoms with Gasteiger partial charge in [-0.05, 0) is 19.8 Å². The van der Waals surface area contributed by atoms with Gasteiger partial charge in [0.25, 0.3) is 0 Å². The fourth-order valence-corrected chi connectivity index (χ4v) is 2.20. The molecule has 0 aromatic carbocycles. The second kappa shape index (κ2) is 5.18. The average molecular weight is 207 g/mol. The van der Waals surface area contributed by atoms with Crippen LogP contribution in [0.1, 0.15) is 32.6 Å². The van der Waals surface area contributed by atoms with Crippen LogP contribution >= 0.6 is 11.6 Å². The minimum Gasteiger partial charge on any atom is -0.396 e. The topological polar surface area (TPSA) is 29.5 Å². The molecule has 2 atom stereocenters. The maximum atomic E-state index is 9.21. The van der Waals surface area contributed by atoms with Crippen molar-refractivity contribution >= 4 is 11.6 Å². The Hall–Kier alpha value is 0.210. The molecule has 1 aliphatic carbocycles. The Balaban J connectivity index is 2.49. The quantitative estimate of drug-likeness (QED) is 0.715. The molecule has 0 heterocycles. The summed E-state index contributed by atoms with van der Waals surface area (Å²) in [6.07, 6.45) is 4.55. The van der Waals surface area contributed by atoms with E-state index in [1.807, 2.05) is 0 Å². The molecule has 1 fully saturated rings. The van der Waals surface area contributed by atoms with E-state index >= 15 is 0 Å². The van der Waals surface area contributed by atoms with Gasteiger partial charge < -0.3 is 9.84 Å². The smallest absolute Gasteiger partial charge is 0.0705 e. The molecular formula is C10H19ClO2. The Morgan fingerprint density at radius 1 is 1.54 bits per heavy atom. The lowest BCUT2D eigenvalue weighted by atomic mass is 9.77. The van der Waals surface area contributed by atoms with Crippen LogP contribution in [0.3, 0.4) is 0 Å². The van der Waals surface area contributed by atoms with Crippen LogP contribution in [0, 0.1) is 5.92 Å². The standard InChI is InChI=1S/C10H19ClO2/c1-10(13-7-6-11)5-3-2-4-9(10)8-12/h9,12H,2-8H2,1H3. The van der Waals surface area contributed by atoms with Crippen LogP contribution in [0.4, 0.5) is 0 Å². The van der Waals surface area contributed by atoms with Gasteiger partial charge in [-0.2, -0.15) is 0 Å². The molecule has 0 bridgehead atoms. The first kappa shape index (κ1) is 11.3. The van der Waals surface area contributed by atoms with Gasteiger partial charge in [0.1, 0.15) is 0 Å². The van der Waals surface area contributed by atoms with Gasteiger partial charge in [0.15, 0.2) is 0 Å². The van der Waals surface area contributed by atoms with E-state index in [4.69, 9.17) is 16.3 Å². The molecule has 3 heteroatoms. The van der Waals surface area contributed by atoms with Crippen LogP contribution in [0.2, 0.25) is 0 Å². The highest BCUT2D eigenvalue weighted by molar-refractivity contribution is 6.17. The van der Waals surface area contributed by atoms with Crippen LogP contribution in [-0.4, -0.2) is 29.8 Å². The first-order valence-corrected chi connectivity index (χ1v) is 5.57. The van der Waals surface area contributed by atoms with Crippen molar-refractivity contribution < 1.29 is 9.84 Å². The monoisotopic (exact) mass is 206 g/mol. The fraction of sp³-hybridized carbons (Fsp3) is 1.00. The summed E-state index contributed by atoms with van der Waals surface area (Å²) in [5.41, 5.74) is -0.137. The molecule has 1 saturated carbocycles. The maximum absolute atomic E-state index is 9.21. The van der Waals surface area contributed by atoms with Crippen molar-refractivity contribution in [2.24, 2.45) is 5.92 Å². The molecule has 0 amide bonds. The fourth-order valence-electron chi connectivity index (χ4n) is 2.12.